The molecule has 0 N–H and O–H groups in total. The Morgan fingerprint density at radius 2 is 1.75 bits per heavy atom. The Hall–Kier alpha value is -4.07. The number of pyridine rings is 2. The predicted molar refractivity (Wildman–Crippen MR) is 180 cm³/mol. The Labute approximate surface area is 280 Å². The molecule has 1 aliphatic carbocycles. The van der Waals surface area contributed by atoms with Crippen LogP contribution in [-0.4, -0.2) is 9.78 Å². The monoisotopic (exact) mass is 656 g/mol. The van der Waals surface area contributed by atoms with Gasteiger partial charge in [-0.15, -0.1) is 0 Å². The van der Waals surface area contributed by atoms with Crippen molar-refractivity contribution >= 4 is 10.8 Å². The molecule has 8 heteroatoms. The van der Waals surface area contributed by atoms with Gasteiger partial charge >= 0.3 is 6.18 Å². The number of nitrogens with zero attached hydrogens (tertiary/aromatic N) is 4. The van der Waals surface area contributed by atoms with Gasteiger partial charge in [0.05, 0.1) is 10.9 Å². The molecule has 250 valence electrons. The molecule has 5 aromatic rings. The quantitative estimate of drug-likeness (QED) is 0.121. The van der Waals surface area contributed by atoms with Crippen LogP contribution in [0.15, 0.2) is 67.0 Å². The van der Waals surface area contributed by atoms with Crippen molar-refractivity contribution in [3.05, 3.63) is 101 Å². The summed E-state index contributed by atoms with van der Waals surface area (Å²) in [4.78, 5) is 0. The van der Waals surface area contributed by atoms with Gasteiger partial charge in [-0.05, 0) is 47.1 Å². The zero-order chi connectivity index (χ0) is 34.2. The summed E-state index contributed by atoms with van der Waals surface area (Å²) < 4.78 is 64.8. The molecule has 1 aliphatic heterocycles. The van der Waals surface area contributed by atoms with Gasteiger partial charge in [-0.25, -0.2) is 4.39 Å². The summed E-state index contributed by atoms with van der Waals surface area (Å²) in [5, 5.41) is 6.60. The van der Waals surface area contributed by atoms with Crippen LogP contribution in [0.4, 0.5) is 17.6 Å². The van der Waals surface area contributed by atoms with E-state index in [0.717, 1.165) is 60.6 Å². The molecule has 7 rings (SSSR count). The minimum atomic E-state index is -4.59. The van der Waals surface area contributed by atoms with Crippen LogP contribution in [-0.2, 0) is 37.1 Å². The van der Waals surface area contributed by atoms with Crippen LogP contribution in [0.25, 0.3) is 33.4 Å². The van der Waals surface area contributed by atoms with Crippen LogP contribution >= 0.6 is 0 Å². The van der Waals surface area contributed by atoms with Crippen LogP contribution in [0.3, 0.4) is 0 Å². The number of hydrogen-bond acceptors (Lipinski definition) is 1. The second-order valence-corrected chi connectivity index (χ2v) is 14.3. The molecule has 1 unspecified atom stereocenters. The van der Waals surface area contributed by atoms with Gasteiger partial charge in [0, 0.05) is 67.0 Å². The lowest BCUT2D eigenvalue weighted by Gasteiger charge is -2.36. The van der Waals surface area contributed by atoms with Gasteiger partial charge in [0.1, 0.15) is 18.6 Å². The van der Waals surface area contributed by atoms with Crippen LogP contribution in [0.1, 0.15) is 101 Å². The van der Waals surface area contributed by atoms with Crippen molar-refractivity contribution < 1.29 is 26.7 Å². The first kappa shape index (κ1) is 32.5. The molecule has 0 radical (unpaired) electrons. The Balaban J connectivity index is 1.53. The molecule has 0 amide bonds. The van der Waals surface area contributed by atoms with Gasteiger partial charge in [0.25, 0.3) is 0 Å². The number of aromatic nitrogens is 4. The molecule has 1 atom stereocenters. The summed E-state index contributed by atoms with van der Waals surface area (Å²) in [7, 11) is 1.83. The van der Waals surface area contributed by atoms with E-state index in [1.54, 1.807) is 6.07 Å². The molecule has 0 saturated heterocycles. The Morgan fingerprint density at radius 1 is 0.979 bits per heavy atom. The summed E-state index contributed by atoms with van der Waals surface area (Å²) in [6.45, 7) is 11.0. The van der Waals surface area contributed by atoms with Crippen molar-refractivity contribution in [2.45, 2.75) is 103 Å². The van der Waals surface area contributed by atoms with E-state index in [1.807, 2.05) is 42.1 Å². The SMILES string of the molecule is CCCCc1ccc2c3c4[n+](ccc13)C(CC)(CC)CC(Cn1nc(C(F)(F)F)cc1-c1cccc[n+]1C)c1ccc(F)c(c1-4)C2(C)C. The van der Waals surface area contributed by atoms with E-state index in [1.165, 1.54) is 21.0 Å². The van der Waals surface area contributed by atoms with Crippen molar-refractivity contribution in [3.63, 3.8) is 0 Å². The second-order valence-electron chi connectivity index (χ2n) is 14.3. The lowest BCUT2D eigenvalue weighted by molar-refractivity contribution is -0.756. The normalized spacial score (nSPS) is 17.5. The molecule has 0 fully saturated rings. The van der Waals surface area contributed by atoms with E-state index < -0.39 is 17.3 Å². The molecule has 0 saturated carbocycles. The number of aryl methyl sites for hydroxylation is 2. The van der Waals surface area contributed by atoms with Crippen molar-refractivity contribution in [1.82, 2.24) is 9.78 Å². The van der Waals surface area contributed by atoms with E-state index in [9.17, 15) is 13.2 Å². The van der Waals surface area contributed by atoms with Gasteiger partial charge in [-0.3, -0.25) is 4.68 Å². The van der Waals surface area contributed by atoms with Crippen molar-refractivity contribution in [3.8, 4) is 22.6 Å². The Bertz CT molecular complexity index is 2050. The summed E-state index contributed by atoms with van der Waals surface area (Å²) in [5.41, 5.74) is 5.14. The van der Waals surface area contributed by atoms with Gasteiger partial charge in [-0.1, -0.05) is 59.2 Å². The first-order valence-corrected chi connectivity index (χ1v) is 17.3. The molecule has 48 heavy (non-hydrogen) atoms. The van der Waals surface area contributed by atoms with E-state index in [0.29, 0.717) is 23.4 Å². The van der Waals surface area contributed by atoms with Crippen molar-refractivity contribution in [2.75, 3.05) is 0 Å². The molecule has 0 bridgehead atoms. The predicted octanol–water partition coefficient (Wildman–Crippen LogP) is 9.32. The highest BCUT2D eigenvalue weighted by Crippen LogP contribution is 2.54. The van der Waals surface area contributed by atoms with Crippen LogP contribution in [0.2, 0.25) is 0 Å². The van der Waals surface area contributed by atoms with E-state index in [-0.39, 0.29) is 23.8 Å². The average Bonchev–Trinajstić information content (AvgIpc) is 3.44. The lowest BCUT2D eigenvalue weighted by atomic mass is 9.67. The fourth-order valence-electron chi connectivity index (χ4n) is 8.74. The third-order valence-corrected chi connectivity index (χ3v) is 11.4. The van der Waals surface area contributed by atoms with E-state index >= 15 is 4.39 Å². The number of halogens is 4. The maximum atomic E-state index is 16.4. The van der Waals surface area contributed by atoms with Gasteiger partial charge in [0.2, 0.25) is 11.4 Å². The highest BCUT2D eigenvalue weighted by Gasteiger charge is 2.51. The smallest absolute Gasteiger partial charge is 0.258 e. The topological polar surface area (TPSA) is 25.6 Å². The summed E-state index contributed by atoms with van der Waals surface area (Å²) in [5.74, 6) is -0.485. The molecule has 4 nitrogen and oxygen atoms in total. The van der Waals surface area contributed by atoms with Crippen LogP contribution in [0.5, 0.6) is 0 Å². The standard InChI is InChI=1S/C40H44F4N4/c1-7-10-13-25-15-17-29-34-28(25)19-21-47-37(34)35-27(16-18-30(41)36(35)38(29,4)5)26(23-39(47,8-2)9-3)24-48-32(22-33(45-48)40(42,43)44)31-14-11-12-20-46(31)6/h11-12,14-22,26H,7-10,13,23-24H2,1-6H3/q+2. The van der Waals surface area contributed by atoms with Crippen LogP contribution < -0.4 is 9.13 Å². The highest BCUT2D eigenvalue weighted by molar-refractivity contribution is 6.02. The number of benzene rings is 2. The number of alkyl halides is 3. The molecule has 2 aromatic carbocycles. The molecule has 3 aromatic heterocycles. The Morgan fingerprint density at radius 3 is 2.44 bits per heavy atom. The third-order valence-electron chi connectivity index (χ3n) is 11.4. The minimum absolute atomic E-state index is 0.224. The van der Waals surface area contributed by atoms with Crippen LogP contribution in [0, 0.1) is 5.82 Å². The average molecular weight is 657 g/mol. The van der Waals surface area contributed by atoms with Gasteiger partial charge in [0.15, 0.2) is 23.6 Å². The zero-order valence-corrected chi connectivity index (χ0v) is 28.7. The lowest BCUT2D eigenvalue weighted by Crippen LogP contribution is -2.57. The Kier molecular flexibility index (Phi) is 7.80. The first-order valence-electron chi connectivity index (χ1n) is 17.3. The van der Waals surface area contributed by atoms with Crippen molar-refractivity contribution in [2.24, 2.45) is 7.05 Å². The second kappa shape index (κ2) is 11.5. The highest BCUT2D eigenvalue weighted by atomic mass is 19.4. The molecular formula is C40H44F4N4+2. The minimum Gasteiger partial charge on any atom is -0.258 e. The number of hydrogen-bond donors (Lipinski definition) is 0. The summed E-state index contributed by atoms with van der Waals surface area (Å²) in [6, 6.07) is 16.8. The zero-order valence-electron chi connectivity index (χ0n) is 28.7. The summed E-state index contributed by atoms with van der Waals surface area (Å²) in [6.07, 6.45) is 4.89. The maximum absolute atomic E-state index is 16.4. The fraction of sp³-hybridized carbons (Fsp3) is 0.425. The number of unbranched alkanes of at least 4 members (excludes halogenated alkanes) is 1. The number of rotatable bonds is 8. The summed E-state index contributed by atoms with van der Waals surface area (Å²) >= 11 is 0. The largest absolute Gasteiger partial charge is 0.435 e. The third kappa shape index (κ3) is 4.80. The fourth-order valence-corrected chi connectivity index (χ4v) is 8.74. The maximum Gasteiger partial charge on any atom is 0.435 e. The van der Waals surface area contributed by atoms with Gasteiger partial charge in [-0.2, -0.15) is 27.4 Å². The molecule has 2 aliphatic rings. The van der Waals surface area contributed by atoms with E-state index in [2.05, 4.69) is 68.7 Å². The van der Waals surface area contributed by atoms with Gasteiger partial charge < -0.3 is 0 Å². The van der Waals surface area contributed by atoms with Crippen molar-refractivity contribution in [1.29, 1.82) is 0 Å². The molecule has 0 spiro atoms. The van der Waals surface area contributed by atoms with E-state index in [4.69, 9.17) is 0 Å². The first-order chi connectivity index (χ1) is 22.9. The molecule has 4 heterocycles. The molecular weight excluding hydrogens is 612 g/mol.